The minimum absolute atomic E-state index is 0.0105. The van der Waals surface area contributed by atoms with Gasteiger partial charge in [-0.3, -0.25) is 4.98 Å². The summed E-state index contributed by atoms with van der Waals surface area (Å²) in [6.45, 7) is 3.75. The molecule has 1 atom stereocenters. The van der Waals surface area contributed by atoms with Crippen molar-refractivity contribution < 1.29 is 9.53 Å². The van der Waals surface area contributed by atoms with Crippen LogP contribution in [-0.2, 0) is 11.2 Å². The van der Waals surface area contributed by atoms with Gasteiger partial charge in [0.25, 0.3) is 0 Å². The van der Waals surface area contributed by atoms with Crippen LogP contribution in [-0.4, -0.2) is 11.1 Å². The minimum Gasteiger partial charge on any atom is -0.440 e. The molecule has 96 valence electrons. The number of nitrogens with zero attached hydrogens (tertiary/aromatic N) is 2. The first-order valence-electron chi connectivity index (χ1n) is 5.43. The first kappa shape index (κ1) is 14.3. The van der Waals surface area contributed by atoms with Gasteiger partial charge in [-0.15, -0.1) is 0 Å². The van der Waals surface area contributed by atoms with E-state index in [0.717, 1.165) is 0 Å². The molecule has 1 aromatic rings. The maximum Gasteiger partial charge on any atom is 0.405 e. The highest BCUT2D eigenvalue weighted by molar-refractivity contribution is 6.30. The molecule has 1 amide bonds. The fraction of sp³-hybridized carbons (Fsp3) is 0.417. The van der Waals surface area contributed by atoms with E-state index in [0.29, 0.717) is 16.3 Å². The Hall–Kier alpha value is -1.80. The predicted molar refractivity (Wildman–Crippen MR) is 66.8 cm³/mol. The summed E-state index contributed by atoms with van der Waals surface area (Å²) in [6, 6.07) is 3.67. The van der Waals surface area contributed by atoms with E-state index in [1.165, 1.54) is 6.20 Å². The summed E-state index contributed by atoms with van der Waals surface area (Å²) >= 11 is 5.84. The Kier molecular flexibility index (Phi) is 4.93. The molecule has 0 unspecified atom stereocenters. The summed E-state index contributed by atoms with van der Waals surface area (Å²) in [5, 5.41) is 9.22. The van der Waals surface area contributed by atoms with E-state index in [1.54, 1.807) is 6.07 Å². The Morgan fingerprint density at radius 1 is 1.67 bits per heavy atom. The average molecular weight is 268 g/mol. The smallest absolute Gasteiger partial charge is 0.405 e. The van der Waals surface area contributed by atoms with Gasteiger partial charge < -0.3 is 10.5 Å². The molecule has 0 radical (unpaired) electrons. The number of halogens is 1. The summed E-state index contributed by atoms with van der Waals surface area (Å²) in [7, 11) is 0. The Bertz CT molecular complexity index is 483. The second-order valence-corrected chi connectivity index (χ2v) is 4.57. The quantitative estimate of drug-likeness (QED) is 0.908. The third-order valence-electron chi connectivity index (χ3n) is 2.36. The molecule has 6 heteroatoms. The van der Waals surface area contributed by atoms with Crippen molar-refractivity contribution in [2.75, 3.05) is 0 Å². The second-order valence-electron chi connectivity index (χ2n) is 4.13. The highest BCUT2D eigenvalue weighted by Crippen LogP contribution is 2.28. The van der Waals surface area contributed by atoms with Crippen molar-refractivity contribution in [1.82, 2.24) is 4.98 Å². The van der Waals surface area contributed by atoms with Crippen molar-refractivity contribution in [3.63, 3.8) is 0 Å². The number of primary amides is 1. The fourth-order valence-corrected chi connectivity index (χ4v) is 1.79. The molecule has 0 saturated heterocycles. The molecule has 0 fully saturated rings. The topological polar surface area (TPSA) is 89.0 Å². The van der Waals surface area contributed by atoms with E-state index >= 15 is 0 Å². The van der Waals surface area contributed by atoms with E-state index in [-0.39, 0.29) is 12.3 Å². The number of nitrogens with two attached hydrogens (primary N) is 1. The van der Waals surface area contributed by atoms with Crippen LogP contribution in [0.4, 0.5) is 4.79 Å². The molecule has 5 nitrogen and oxygen atoms in total. The monoisotopic (exact) mass is 267 g/mol. The highest BCUT2D eigenvalue weighted by atomic mass is 35.5. The first-order chi connectivity index (χ1) is 8.45. The average Bonchev–Trinajstić information content (AvgIpc) is 2.26. The molecule has 0 aromatic carbocycles. The third kappa shape index (κ3) is 3.60. The molecule has 2 N–H and O–H groups in total. The molecular weight excluding hydrogens is 254 g/mol. The number of carbonyl (C=O) groups is 1. The van der Waals surface area contributed by atoms with Crippen LogP contribution in [0.5, 0.6) is 0 Å². The summed E-state index contributed by atoms with van der Waals surface area (Å²) in [5.74, 6) is -0.0105. The summed E-state index contributed by atoms with van der Waals surface area (Å²) in [5.41, 5.74) is 6.21. The molecule has 0 spiro atoms. The molecule has 1 heterocycles. The maximum absolute atomic E-state index is 10.9. The fourth-order valence-electron chi connectivity index (χ4n) is 1.61. The van der Waals surface area contributed by atoms with Crippen molar-refractivity contribution in [3.8, 4) is 6.07 Å². The number of nitriles is 1. The molecule has 0 aliphatic heterocycles. The zero-order valence-corrected chi connectivity index (χ0v) is 10.9. The van der Waals surface area contributed by atoms with Crippen molar-refractivity contribution in [2.45, 2.75) is 26.4 Å². The van der Waals surface area contributed by atoms with Crippen LogP contribution in [0.1, 0.15) is 31.2 Å². The van der Waals surface area contributed by atoms with Crippen LogP contribution >= 0.6 is 11.6 Å². The van der Waals surface area contributed by atoms with E-state index in [4.69, 9.17) is 27.3 Å². The van der Waals surface area contributed by atoms with Crippen molar-refractivity contribution in [2.24, 2.45) is 11.7 Å². The molecule has 0 aliphatic carbocycles. The first-order valence-corrected chi connectivity index (χ1v) is 5.80. The summed E-state index contributed by atoms with van der Waals surface area (Å²) < 4.78 is 5.05. The van der Waals surface area contributed by atoms with Gasteiger partial charge >= 0.3 is 6.09 Å². The van der Waals surface area contributed by atoms with Crippen LogP contribution in [0.2, 0.25) is 5.02 Å². The lowest BCUT2D eigenvalue weighted by molar-refractivity contribution is 0.0752. The molecule has 0 aliphatic rings. The Morgan fingerprint density at radius 3 is 2.83 bits per heavy atom. The predicted octanol–water partition coefficient (Wildman–Crippen LogP) is 2.59. The molecule has 0 bridgehead atoms. The minimum atomic E-state index is -0.867. The van der Waals surface area contributed by atoms with E-state index in [2.05, 4.69) is 4.98 Å². The van der Waals surface area contributed by atoms with Crippen molar-refractivity contribution >= 4 is 17.7 Å². The molecular formula is C12H14ClN3O2. The third-order valence-corrected chi connectivity index (χ3v) is 2.56. The number of carbonyl (C=O) groups excluding carboxylic acids is 1. The highest BCUT2D eigenvalue weighted by Gasteiger charge is 2.23. The number of hydrogen-bond donors (Lipinski definition) is 1. The van der Waals surface area contributed by atoms with E-state index < -0.39 is 12.2 Å². The van der Waals surface area contributed by atoms with Crippen molar-refractivity contribution in [3.05, 3.63) is 28.5 Å². The van der Waals surface area contributed by atoms with Gasteiger partial charge in [-0.25, -0.2) is 4.79 Å². The second kappa shape index (κ2) is 6.22. The number of pyridine rings is 1. The molecule has 18 heavy (non-hydrogen) atoms. The lowest BCUT2D eigenvalue weighted by Gasteiger charge is -2.21. The lowest BCUT2D eigenvalue weighted by Crippen LogP contribution is -2.22. The standard InChI is InChI=1S/C12H14ClN3O2/c1-7(2)11(18-12(15)17)10-8(3-4-14)5-9(13)6-16-10/h5-7,11H,3H2,1-2H3,(H2,15,17)/t11-/m1/s1. The number of rotatable bonds is 4. The number of amides is 1. The van der Waals surface area contributed by atoms with Gasteiger partial charge in [0.15, 0.2) is 0 Å². The van der Waals surface area contributed by atoms with Crippen LogP contribution < -0.4 is 5.73 Å². The SMILES string of the molecule is CC(C)[C@@H](OC(N)=O)c1ncc(Cl)cc1CC#N. The van der Waals surface area contributed by atoms with Gasteiger partial charge in [-0.1, -0.05) is 25.4 Å². The Balaban J connectivity index is 3.18. The van der Waals surface area contributed by atoms with Crippen LogP contribution in [0.25, 0.3) is 0 Å². The zero-order chi connectivity index (χ0) is 13.7. The molecule has 0 saturated carbocycles. The van der Waals surface area contributed by atoms with E-state index in [1.807, 2.05) is 19.9 Å². The number of hydrogen-bond acceptors (Lipinski definition) is 4. The van der Waals surface area contributed by atoms with E-state index in [9.17, 15) is 4.79 Å². The number of aromatic nitrogens is 1. The summed E-state index contributed by atoms with van der Waals surface area (Å²) in [6.07, 6.45) is 0.155. The zero-order valence-electron chi connectivity index (χ0n) is 10.2. The summed E-state index contributed by atoms with van der Waals surface area (Å²) in [4.78, 5) is 15.1. The normalized spacial score (nSPS) is 11.9. The maximum atomic E-state index is 10.9. The largest absolute Gasteiger partial charge is 0.440 e. The van der Waals surface area contributed by atoms with Gasteiger partial charge in [0.05, 0.1) is 23.2 Å². The van der Waals surface area contributed by atoms with Crippen LogP contribution in [0.15, 0.2) is 12.3 Å². The Morgan fingerprint density at radius 2 is 2.33 bits per heavy atom. The van der Waals surface area contributed by atoms with Gasteiger partial charge in [-0.05, 0) is 17.5 Å². The number of ether oxygens (including phenoxy) is 1. The van der Waals surface area contributed by atoms with Gasteiger partial charge in [-0.2, -0.15) is 5.26 Å². The van der Waals surface area contributed by atoms with Gasteiger partial charge in [0, 0.05) is 6.20 Å². The van der Waals surface area contributed by atoms with Crippen LogP contribution in [0, 0.1) is 17.2 Å². The molecule has 1 rings (SSSR count). The lowest BCUT2D eigenvalue weighted by atomic mass is 9.98. The van der Waals surface area contributed by atoms with Crippen molar-refractivity contribution in [1.29, 1.82) is 5.26 Å². The van der Waals surface area contributed by atoms with Gasteiger partial charge in [0.1, 0.15) is 6.10 Å². The Labute approximate surface area is 111 Å². The molecule has 1 aromatic heterocycles. The van der Waals surface area contributed by atoms with Gasteiger partial charge in [0.2, 0.25) is 0 Å². The van der Waals surface area contributed by atoms with Crippen LogP contribution in [0.3, 0.4) is 0 Å².